The maximum absolute atomic E-state index is 10.7. The van der Waals surface area contributed by atoms with Crippen LogP contribution in [0.4, 0.5) is 17.3 Å². The molecular formula is C19H20ClN7O2. The number of ether oxygens (including phenoxy) is 1. The molecule has 29 heavy (non-hydrogen) atoms. The number of hydrogen-bond donors (Lipinski definition) is 1. The van der Waals surface area contributed by atoms with Crippen molar-refractivity contribution in [2.45, 2.75) is 18.9 Å². The summed E-state index contributed by atoms with van der Waals surface area (Å²) in [6, 6.07) is 6.83. The SMILES string of the molecule is CN1CCC(n2cc(Nc3ncc(Cl)c(Oc4cccc(N=O)c4)n3)cn2)CC1. The highest BCUT2D eigenvalue weighted by Crippen LogP contribution is 2.30. The van der Waals surface area contributed by atoms with Crippen LogP contribution in [0.5, 0.6) is 11.6 Å². The second-order valence-electron chi connectivity index (χ2n) is 6.91. The van der Waals surface area contributed by atoms with Crippen molar-refractivity contribution in [3.05, 3.63) is 52.8 Å². The third kappa shape index (κ3) is 4.69. The monoisotopic (exact) mass is 413 g/mol. The second-order valence-corrected chi connectivity index (χ2v) is 7.31. The molecule has 0 saturated carbocycles. The van der Waals surface area contributed by atoms with Crippen LogP contribution in [-0.2, 0) is 0 Å². The minimum Gasteiger partial charge on any atom is -0.437 e. The fourth-order valence-electron chi connectivity index (χ4n) is 3.19. The Hall–Kier alpha value is -3.04. The van der Waals surface area contributed by atoms with Gasteiger partial charge in [0.25, 0.3) is 0 Å². The minimum absolute atomic E-state index is 0.176. The first-order valence-corrected chi connectivity index (χ1v) is 9.62. The number of halogens is 1. The Morgan fingerprint density at radius 2 is 2.10 bits per heavy atom. The summed E-state index contributed by atoms with van der Waals surface area (Å²) in [5, 5.41) is 10.7. The van der Waals surface area contributed by atoms with Gasteiger partial charge in [-0.25, -0.2) is 4.98 Å². The molecule has 1 aliphatic rings. The van der Waals surface area contributed by atoms with Crippen molar-refractivity contribution in [2.75, 3.05) is 25.5 Å². The van der Waals surface area contributed by atoms with Crippen LogP contribution in [0.2, 0.25) is 5.02 Å². The fraction of sp³-hybridized carbons (Fsp3) is 0.316. The number of nitrogens with one attached hydrogen (secondary N) is 1. The Morgan fingerprint density at radius 1 is 1.28 bits per heavy atom. The number of anilines is 2. The number of aromatic nitrogens is 4. The van der Waals surface area contributed by atoms with E-state index in [2.05, 4.69) is 37.5 Å². The molecule has 0 spiro atoms. The van der Waals surface area contributed by atoms with Gasteiger partial charge in [-0.2, -0.15) is 10.1 Å². The van der Waals surface area contributed by atoms with E-state index in [1.54, 1.807) is 24.4 Å². The lowest BCUT2D eigenvalue weighted by atomic mass is 10.1. The van der Waals surface area contributed by atoms with Crippen LogP contribution in [0.25, 0.3) is 0 Å². The van der Waals surface area contributed by atoms with Crippen molar-refractivity contribution >= 4 is 28.9 Å². The molecule has 3 aromatic rings. The summed E-state index contributed by atoms with van der Waals surface area (Å²) >= 11 is 6.16. The van der Waals surface area contributed by atoms with Crippen LogP contribution < -0.4 is 10.1 Å². The highest BCUT2D eigenvalue weighted by Gasteiger charge is 2.19. The Labute approximate surface area is 172 Å². The lowest BCUT2D eigenvalue weighted by molar-refractivity contribution is 0.212. The normalized spacial score (nSPS) is 15.2. The average molecular weight is 414 g/mol. The Kier molecular flexibility index (Phi) is 5.68. The molecule has 1 aliphatic heterocycles. The van der Waals surface area contributed by atoms with Gasteiger partial charge in [0.2, 0.25) is 11.8 Å². The van der Waals surface area contributed by atoms with Crippen LogP contribution in [0.15, 0.2) is 48.0 Å². The van der Waals surface area contributed by atoms with Gasteiger partial charge in [0.15, 0.2) is 0 Å². The molecule has 0 aliphatic carbocycles. The average Bonchev–Trinajstić information content (AvgIpc) is 3.19. The number of nitrogens with zero attached hydrogens (tertiary/aromatic N) is 6. The van der Waals surface area contributed by atoms with Gasteiger partial charge in [-0.05, 0) is 50.3 Å². The summed E-state index contributed by atoms with van der Waals surface area (Å²) in [6.45, 7) is 2.13. The first-order valence-electron chi connectivity index (χ1n) is 9.24. The summed E-state index contributed by atoms with van der Waals surface area (Å²) in [4.78, 5) is 21.5. The molecule has 3 heterocycles. The number of hydrogen-bond acceptors (Lipinski definition) is 8. The van der Waals surface area contributed by atoms with E-state index in [1.807, 2.05) is 10.9 Å². The summed E-state index contributed by atoms with van der Waals surface area (Å²) < 4.78 is 7.68. The van der Waals surface area contributed by atoms with Gasteiger partial charge >= 0.3 is 0 Å². The quantitative estimate of drug-likeness (QED) is 0.593. The molecule has 0 bridgehead atoms. The number of benzene rings is 1. The lowest BCUT2D eigenvalue weighted by Gasteiger charge is -2.28. The van der Waals surface area contributed by atoms with E-state index >= 15 is 0 Å². The summed E-state index contributed by atoms with van der Waals surface area (Å²) in [5.41, 5.74) is 1.04. The van der Waals surface area contributed by atoms with Crippen molar-refractivity contribution in [1.82, 2.24) is 24.6 Å². The van der Waals surface area contributed by atoms with E-state index in [4.69, 9.17) is 16.3 Å². The van der Waals surface area contributed by atoms with Crippen molar-refractivity contribution in [2.24, 2.45) is 5.18 Å². The summed E-state index contributed by atoms with van der Waals surface area (Å²) in [6.07, 6.45) is 7.29. The molecule has 150 valence electrons. The molecule has 0 amide bonds. The summed E-state index contributed by atoms with van der Waals surface area (Å²) in [5.74, 6) is 0.913. The van der Waals surface area contributed by atoms with Gasteiger partial charge in [-0.1, -0.05) is 17.7 Å². The zero-order valence-corrected chi connectivity index (χ0v) is 16.6. The second kappa shape index (κ2) is 8.54. The van der Waals surface area contributed by atoms with Crippen molar-refractivity contribution in [3.8, 4) is 11.6 Å². The predicted molar refractivity (Wildman–Crippen MR) is 110 cm³/mol. The molecule has 1 fully saturated rings. The van der Waals surface area contributed by atoms with Crippen molar-refractivity contribution < 1.29 is 4.74 Å². The van der Waals surface area contributed by atoms with E-state index in [9.17, 15) is 4.91 Å². The smallest absolute Gasteiger partial charge is 0.243 e. The standard InChI is InChI=1S/C19H20ClN7O2/c1-26-7-5-15(6-8-26)27-12-14(10-22-27)23-19-21-11-17(20)18(24-19)29-16-4-2-3-13(9-16)25-28/h2-4,9-12,15H,5-8H2,1H3,(H,21,23,24). The molecule has 2 aromatic heterocycles. The summed E-state index contributed by atoms with van der Waals surface area (Å²) in [7, 11) is 2.13. The third-order valence-corrected chi connectivity index (χ3v) is 5.03. The zero-order valence-electron chi connectivity index (χ0n) is 15.8. The lowest BCUT2D eigenvalue weighted by Crippen LogP contribution is -2.31. The molecule has 0 radical (unpaired) electrons. The van der Waals surface area contributed by atoms with Gasteiger partial charge in [-0.3, -0.25) is 4.68 Å². The largest absolute Gasteiger partial charge is 0.437 e. The Bertz CT molecular complexity index is 1000. The van der Waals surface area contributed by atoms with Gasteiger partial charge in [0.1, 0.15) is 16.5 Å². The van der Waals surface area contributed by atoms with Crippen LogP contribution in [0.3, 0.4) is 0 Å². The van der Waals surface area contributed by atoms with Crippen LogP contribution in [-0.4, -0.2) is 44.8 Å². The molecule has 10 heteroatoms. The Morgan fingerprint density at radius 3 is 2.90 bits per heavy atom. The maximum Gasteiger partial charge on any atom is 0.243 e. The highest BCUT2D eigenvalue weighted by atomic mass is 35.5. The number of rotatable bonds is 6. The fourth-order valence-corrected chi connectivity index (χ4v) is 3.32. The van der Waals surface area contributed by atoms with Crippen molar-refractivity contribution in [1.29, 1.82) is 0 Å². The van der Waals surface area contributed by atoms with E-state index in [1.165, 1.54) is 12.3 Å². The molecule has 1 N–H and O–H groups in total. The molecule has 1 aromatic carbocycles. The van der Waals surface area contributed by atoms with Gasteiger partial charge in [0, 0.05) is 12.3 Å². The van der Waals surface area contributed by atoms with Crippen LogP contribution in [0.1, 0.15) is 18.9 Å². The third-order valence-electron chi connectivity index (χ3n) is 4.77. The molecule has 1 saturated heterocycles. The van der Waals surface area contributed by atoms with Crippen molar-refractivity contribution in [3.63, 3.8) is 0 Å². The zero-order chi connectivity index (χ0) is 20.2. The topological polar surface area (TPSA) is 97.5 Å². The first kappa shape index (κ1) is 19.3. The molecule has 9 nitrogen and oxygen atoms in total. The minimum atomic E-state index is 0.176. The van der Waals surface area contributed by atoms with Gasteiger partial charge < -0.3 is 15.0 Å². The van der Waals surface area contributed by atoms with E-state index in [-0.39, 0.29) is 16.6 Å². The molecular weight excluding hydrogens is 394 g/mol. The molecule has 0 unspecified atom stereocenters. The van der Waals surface area contributed by atoms with Gasteiger partial charge in [-0.15, -0.1) is 4.91 Å². The van der Waals surface area contributed by atoms with Gasteiger partial charge in [0.05, 0.1) is 24.1 Å². The maximum atomic E-state index is 10.7. The number of likely N-dealkylation sites (tertiary alicyclic amines) is 1. The molecule has 0 atom stereocenters. The highest BCUT2D eigenvalue weighted by molar-refractivity contribution is 6.31. The number of piperidine rings is 1. The van der Waals surface area contributed by atoms with Crippen LogP contribution in [0, 0.1) is 4.91 Å². The van der Waals surface area contributed by atoms with E-state index < -0.39 is 0 Å². The molecule has 4 rings (SSSR count). The Balaban J connectivity index is 1.47. The number of nitroso groups, excluding NO2 is 1. The van der Waals surface area contributed by atoms with Crippen LogP contribution >= 0.6 is 11.6 Å². The first-order chi connectivity index (χ1) is 14.1. The van der Waals surface area contributed by atoms with E-state index in [0.717, 1.165) is 31.6 Å². The van der Waals surface area contributed by atoms with E-state index in [0.29, 0.717) is 17.7 Å². The predicted octanol–water partition coefficient (Wildman–Crippen LogP) is 4.53.